The number of carbonyl (C=O) groups excluding carboxylic acids is 1. The van der Waals surface area contributed by atoms with E-state index < -0.39 is 17.4 Å². The number of allylic oxidation sites excluding steroid dienone is 1. The first-order chi connectivity index (χ1) is 9.90. The summed E-state index contributed by atoms with van der Waals surface area (Å²) in [4.78, 5) is 24.4. The third-order valence-electron chi connectivity index (χ3n) is 3.32. The minimum atomic E-state index is -1.78. The first kappa shape index (κ1) is 17.2. The molecule has 0 aliphatic carbocycles. The summed E-state index contributed by atoms with van der Waals surface area (Å²) in [6, 6.07) is 6.91. The first-order valence-electron chi connectivity index (χ1n) is 6.62. The van der Waals surface area contributed by atoms with E-state index in [1.165, 1.54) is 5.54 Å². The summed E-state index contributed by atoms with van der Waals surface area (Å²) in [6.07, 6.45) is -0.0322. The molecule has 0 heterocycles. The van der Waals surface area contributed by atoms with E-state index in [2.05, 4.69) is 0 Å². The van der Waals surface area contributed by atoms with Crippen LogP contribution in [0.2, 0.25) is 0 Å². The van der Waals surface area contributed by atoms with Crippen molar-refractivity contribution >= 4 is 23.5 Å². The smallest absolute Gasteiger partial charge is 0.328 e. The number of hydrogen-bond donors (Lipinski definition) is 1. The van der Waals surface area contributed by atoms with Crippen LogP contribution in [0.15, 0.2) is 35.4 Å². The summed E-state index contributed by atoms with van der Waals surface area (Å²) in [7, 11) is 0. The fourth-order valence-electron chi connectivity index (χ4n) is 2.32. The lowest BCUT2D eigenvalue weighted by molar-refractivity contribution is -0.161. The van der Waals surface area contributed by atoms with Gasteiger partial charge in [0.15, 0.2) is 5.41 Å². The Morgan fingerprint density at radius 1 is 1.38 bits per heavy atom. The molecule has 1 rings (SSSR count). The average molecular weight is 311 g/mol. The minimum absolute atomic E-state index is 0.0322. The maximum atomic E-state index is 12.4. The number of rotatable bonds is 6. The minimum Gasteiger partial charge on any atom is -0.480 e. The zero-order chi connectivity index (χ0) is 16.0. The van der Waals surface area contributed by atoms with Crippen LogP contribution in [0.5, 0.6) is 0 Å². The largest absolute Gasteiger partial charge is 0.480 e. The van der Waals surface area contributed by atoms with Gasteiger partial charge in [0.2, 0.25) is 0 Å². The van der Waals surface area contributed by atoms with Gasteiger partial charge in [0.1, 0.15) is 0 Å². The Labute approximate surface area is 129 Å². The van der Waals surface area contributed by atoms with Crippen molar-refractivity contribution in [2.75, 3.05) is 6.61 Å². The van der Waals surface area contributed by atoms with Crippen LogP contribution in [0.4, 0.5) is 0 Å². The lowest BCUT2D eigenvalue weighted by Gasteiger charge is -2.29. The SMILES string of the molecule is CCOC(=O)C(C/C(C)=C/Cl)(C(=O)O)c1ccccc1C. The van der Waals surface area contributed by atoms with Crippen LogP contribution in [0.25, 0.3) is 0 Å². The molecular formula is C16H19ClO4. The van der Waals surface area contributed by atoms with E-state index >= 15 is 0 Å². The van der Waals surface area contributed by atoms with E-state index in [-0.39, 0.29) is 13.0 Å². The van der Waals surface area contributed by atoms with Crippen LogP contribution < -0.4 is 0 Å². The highest BCUT2D eigenvalue weighted by atomic mass is 35.5. The first-order valence-corrected chi connectivity index (χ1v) is 7.06. The maximum absolute atomic E-state index is 12.4. The topological polar surface area (TPSA) is 63.6 Å². The number of hydrogen-bond acceptors (Lipinski definition) is 3. The molecular weight excluding hydrogens is 292 g/mol. The highest BCUT2D eigenvalue weighted by Crippen LogP contribution is 2.35. The Bertz CT molecular complexity index is 565. The van der Waals surface area contributed by atoms with E-state index in [0.717, 1.165) is 5.56 Å². The Hall–Kier alpha value is -1.81. The molecule has 1 atom stereocenters. The summed E-state index contributed by atoms with van der Waals surface area (Å²) >= 11 is 5.66. The normalized spacial score (nSPS) is 14.4. The Kier molecular flexibility index (Phi) is 5.97. The molecule has 1 aromatic carbocycles. The van der Waals surface area contributed by atoms with Crippen LogP contribution in [-0.4, -0.2) is 23.7 Å². The van der Waals surface area contributed by atoms with Crippen molar-refractivity contribution in [3.63, 3.8) is 0 Å². The van der Waals surface area contributed by atoms with Crippen molar-refractivity contribution in [3.05, 3.63) is 46.5 Å². The molecule has 1 unspecified atom stereocenters. The number of aryl methyl sites for hydroxylation is 1. The molecule has 4 nitrogen and oxygen atoms in total. The molecule has 0 bridgehead atoms. The number of esters is 1. The number of ether oxygens (including phenoxy) is 1. The van der Waals surface area contributed by atoms with Crippen molar-refractivity contribution in [2.24, 2.45) is 0 Å². The van der Waals surface area contributed by atoms with Crippen molar-refractivity contribution in [2.45, 2.75) is 32.6 Å². The molecule has 0 fully saturated rings. The van der Waals surface area contributed by atoms with Crippen molar-refractivity contribution < 1.29 is 19.4 Å². The number of aliphatic carboxylic acids is 1. The number of benzene rings is 1. The van der Waals surface area contributed by atoms with Crippen LogP contribution in [-0.2, 0) is 19.7 Å². The van der Waals surface area contributed by atoms with E-state index in [1.54, 1.807) is 45.0 Å². The summed E-state index contributed by atoms with van der Waals surface area (Å²) < 4.78 is 5.03. The molecule has 0 amide bonds. The molecule has 0 saturated carbocycles. The molecule has 5 heteroatoms. The van der Waals surface area contributed by atoms with Gasteiger partial charge in [-0.05, 0) is 31.9 Å². The van der Waals surface area contributed by atoms with Gasteiger partial charge in [-0.3, -0.25) is 9.59 Å². The molecule has 0 radical (unpaired) electrons. The van der Waals surface area contributed by atoms with Gasteiger partial charge in [0.05, 0.1) is 6.61 Å². The fourth-order valence-corrected chi connectivity index (χ4v) is 2.40. The number of halogens is 1. The summed E-state index contributed by atoms with van der Waals surface area (Å²) in [5.74, 6) is -2.02. The Morgan fingerprint density at radius 3 is 2.48 bits per heavy atom. The monoisotopic (exact) mass is 310 g/mol. The number of carbonyl (C=O) groups is 2. The molecule has 0 aromatic heterocycles. The molecule has 0 spiro atoms. The second-order valence-electron chi connectivity index (χ2n) is 4.88. The van der Waals surface area contributed by atoms with E-state index in [1.807, 2.05) is 0 Å². The molecule has 0 aliphatic heterocycles. The van der Waals surface area contributed by atoms with Crippen LogP contribution >= 0.6 is 11.6 Å². The van der Waals surface area contributed by atoms with Gasteiger partial charge in [0.25, 0.3) is 0 Å². The molecule has 21 heavy (non-hydrogen) atoms. The van der Waals surface area contributed by atoms with Crippen molar-refractivity contribution in [3.8, 4) is 0 Å². The standard InChI is InChI=1S/C16H19ClO4/c1-4-21-15(20)16(14(18)19,9-11(2)10-17)13-8-6-5-7-12(13)3/h5-8,10H,4,9H2,1-3H3,(H,18,19)/b11-10+. The van der Waals surface area contributed by atoms with Crippen molar-refractivity contribution in [1.82, 2.24) is 0 Å². The number of carboxylic acid groups (broad SMARTS) is 1. The van der Waals surface area contributed by atoms with Gasteiger partial charge in [-0.2, -0.15) is 0 Å². The van der Waals surface area contributed by atoms with E-state index in [4.69, 9.17) is 16.3 Å². The van der Waals surface area contributed by atoms with Gasteiger partial charge in [-0.25, -0.2) is 0 Å². The Balaban J connectivity index is 3.55. The third-order valence-corrected chi connectivity index (χ3v) is 3.70. The predicted octanol–water partition coefficient (Wildman–Crippen LogP) is 3.41. The molecule has 1 aromatic rings. The second kappa shape index (κ2) is 7.27. The molecule has 0 saturated heterocycles. The van der Waals surface area contributed by atoms with Crippen LogP contribution in [0, 0.1) is 6.92 Å². The van der Waals surface area contributed by atoms with Gasteiger partial charge in [0, 0.05) is 12.0 Å². The zero-order valence-corrected chi connectivity index (χ0v) is 13.1. The molecule has 114 valence electrons. The third kappa shape index (κ3) is 3.45. The van der Waals surface area contributed by atoms with Crippen LogP contribution in [0.3, 0.4) is 0 Å². The summed E-state index contributed by atoms with van der Waals surface area (Å²) in [6.45, 7) is 5.21. The van der Waals surface area contributed by atoms with Gasteiger partial charge in [-0.1, -0.05) is 41.4 Å². The zero-order valence-electron chi connectivity index (χ0n) is 12.4. The molecule has 0 aliphatic rings. The predicted molar refractivity (Wildman–Crippen MR) is 81.4 cm³/mol. The highest BCUT2D eigenvalue weighted by molar-refractivity contribution is 6.25. The lowest BCUT2D eigenvalue weighted by atomic mass is 9.74. The quantitative estimate of drug-likeness (QED) is 0.646. The second-order valence-corrected chi connectivity index (χ2v) is 5.10. The maximum Gasteiger partial charge on any atom is 0.328 e. The number of carboxylic acids is 1. The molecule has 1 N–H and O–H groups in total. The van der Waals surface area contributed by atoms with Gasteiger partial charge in [-0.15, -0.1) is 0 Å². The fraction of sp³-hybridized carbons (Fsp3) is 0.375. The highest BCUT2D eigenvalue weighted by Gasteiger charge is 2.50. The van der Waals surface area contributed by atoms with E-state index in [9.17, 15) is 14.7 Å². The summed E-state index contributed by atoms with van der Waals surface area (Å²) in [5, 5.41) is 9.77. The summed E-state index contributed by atoms with van der Waals surface area (Å²) in [5.41, 5.74) is 1.24. The lowest BCUT2D eigenvalue weighted by Crippen LogP contribution is -2.45. The Morgan fingerprint density at radius 2 is 2.00 bits per heavy atom. The van der Waals surface area contributed by atoms with Crippen molar-refractivity contribution in [1.29, 1.82) is 0 Å². The van der Waals surface area contributed by atoms with Gasteiger partial charge < -0.3 is 9.84 Å². The van der Waals surface area contributed by atoms with Gasteiger partial charge >= 0.3 is 11.9 Å². The van der Waals surface area contributed by atoms with Crippen LogP contribution in [0.1, 0.15) is 31.4 Å². The van der Waals surface area contributed by atoms with E-state index in [0.29, 0.717) is 11.1 Å². The average Bonchev–Trinajstić information content (AvgIpc) is 2.45.